The standard InChI is InChI=1S/C11H18N2O2S/c14-16(15)10-2-4-11(16)3-1-7-13-8-5-12-6-9-13/h11-12H,2,4-10H2. The zero-order valence-electron chi connectivity index (χ0n) is 9.41. The molecule has 0 aromatic rings. The highest BCUT2D eigenvalue weighted by molar-refractivity contribution is 7.92. The van der Waals surface area contributed by atoms with Crippen LogP contribution in [0.1, 0.15) is 12.8 Å². The second-order valence-electron chi connectivity index (χ2n) is 4.35. The van der Waals surface area contributed by atoms with Gasteiger partial charge >= 0.3 is 0 Å². The summed E-state index contributed by atoms with van der Waals surface area (Å²) in [7, 11) is -2.89. The fraction of sp³-hybridized carbons (Fsp3) is 0.818. The lowest BCUT2D eigenvalue weighted by Gasteiger charge is -2.24. The first-order chi connectivity index (χ1) is 7.68. The molecule has 1 unspecified atom stereocenters. The van der Waals surface area contributed by atoms with Crippen LogP contribution in [-0.2, 0) is 9.84 Å². The Morgan fingerprint density at radius 3 is 2.69 bits per heavy atom. The van der Waals surface area contributed by atoms with Crippen LogP contribution in [0.3, 0.4) is 0 Å². The molecular weight excluding hydrogens is 224 g/mol. The molecule has 0 amide bonds. The average Bonchev–Trinajstić information content (AvgIpc) is 2.60. The quantitative estimate of drug-likeness (QED) is 0.628. The van der Waals surface area contributed by atoms with Crippen LogP contribution in [-0.4, -0.2) is 57.0 Å². The Morgan fingerprint density at radius 2 is 2.06 bits per heavy atom. The molecule has 0 radical (unpaired) electrons. The monoisotopic (exact) mass is 242 g/mol. The third kappa shape index (κ3) is 2.97. The van der Waals surface area contributed by atoms with Crippen molar-refractivity contribution in [3.8, 4) is 11.8 Å². The fourth-order valence-electron chi connectivity index (χ4n) is 2.09. The molecule has 0 saturated carbocycles. The van der Waals surface area contributed by atoms with Crippen molar-refractivity contribution in [3.63, 3.8) is 0 Å². The molecule has 90 valence electrons. The van der Waals surface area contributed by atoms with Crippen LogP contribution in [0, 0.1) is 11.8 Å². The van der Waals surface area contributed by atoms with Gasteiger partial charge in [0.05, 0.1) is 12.3 Å². The summed E-state index contributed by atoms with van der Waals surface area (Å²) in [6, 6.07) is 0. The zero-order valence-corrected chi connectivity index (χ0v) is 10.2. The van der Waals surface area contributed by atoms with Crippen LogP contribution in [0.2, 0.25) is 0 Å². The molecule has 4 nitrogen and oxygen atoms in total. The maximum atomic E-state index is 11.5. The van der Waals surface area contributed by atoms with Crippen molar-refractivity contribution in [1.82, 2.24) is 10.2 Å². The van der Waals surface area contributed by atoms with Crippen molar-refractivity contribution in [3.05, 3.63) is 0 Å². The summed E-state index contributed by atoms with van der Waals surface area (Å²) in [6.07, 6.45) is 1.49. The predicted octanol–water partition coefficient (Wildman–Crippen LogP) is -0.528. The molecule has 2 heterocycles. The number of sulfone groups is 1. The lowest BCUT2D eigenvalue weighted by molar-refractivity contribution is 0.268. The summed E-state index contributed by atoms with van der Waals surface area (Å²) in [5, 5.41) is 2.88. The molecule has 2 fully saturated rings. The molecule has 2 saturated heterocycles. The van der Waals surface area contributed by atoms with Gasteiger partial charge in [-0.05, 0) is 12.8 Å². The molecule has 2 aliphatic heterocycles. The maximum Gasteiger partial charge on any atom is 0.164 e. The van der Waals surface area contributed by atoms with Gasteiger partial charge in [0.1, 0.15) is 5.25 Å². The van der Waals surface area contributed by atoms with E-state index in [0.717, 1.165) is 39.0 Å². The van der Waals surface area contributed by atoms with E-state index >= 15 is 0 Å². The van der Waals surface area contributed by atoms with Crippen LogP contribution < -0.4 is 5.32 Å². The number of piperazine rings is 1. The zero-order chi connectivity index (χ0) is 11.4. The topological polar surface area (TPSA) is 49.4 Å². The Bertz CT molecular complexity index is 388. The molecule has 1 N–H and O–H groups in total. The molecule has 2 rings (SSSR count). The average molecular weight is 242 g/mol. The van der Waals surface area contributed by atoms with E-state index in [1.165, 1.54) is 0 Å². The van der Waals surface area contributed by atoms with Gasteiger partial charge in [-0.3, -0.25) is 4.90 Å². The normalized spacial score (nSPS) is 29.6. The molecule has 1 atom stereocenters. The van der Waals surface area contributed by atoms with Gasteiger partial charge in [-0.15, -0.1) is 0 Å². The van der Waals surface area contributed by atoms with Gasteiger partial charge in [0.15, 0.2) is 9.84 Å². The van der Waals surface area contributed by atoms with Gasteiger partial charge in [0.25, 0.3) is 0 Å². The van der Waals surface area contributed by atoms with E-state index in [1.54, 1.807) is 0 Å². The molecule has 2 aliphatic rings. The molecule has 0 aromatic carbocycles. The lowest BCUT2D eigenvalue weighted by atomic mass is 10.2. The minimum Gasteiger partial charge on any atom is -0.314 e. The fourth-order valence-corrected chi connectivity index (χ4v) is 3.74. The molecule has 16 heavy (non-hydrogen) atoms. The van der Waals surface area contributed by atoms with Gasteiger partial charge in [-0.1, -0.05) is 11.8 Å². The van der Waals surface area contributed by atoms with Gasteiger partial charge in [-0.2, -0.15) is 0 Å². The Morgan fingerprint density at radius 1 is 1.31 bits per heavy atom. The number of hydrogen-bond donors (Lipinski definition) is 1. The third-order valence-electron chi connectivity index (χ3n) is 3.10. The first-order valence-corrected chi connectivity index (χ1v) is 7.53. The van der Waals surface area contributed by atoms with E-state index in [1.807, 2.05) is 0 Å². The number of nitrogens with one attached hydrogen (secondary N) is 1. The van der Waals surface area contributed by atoms with Crippen molar-refractivity contribution in [2.75, 3.05) is 38.5 Å². The number of rotatable bonds is 1. The lowest BCUT2D eigenvalue weighted by Crippen LogP contribution is -2.43. The first kappa shape index (κ1) is 11.9. The minimum absolute atomic E-state index is 0.319. The molecule has 0 aliphatic carbocycles. The van der Waals surface area contributed by atoms with E-state index in [9.17, 15) is 8.42 Å². The smallest absolute Gasteiger partial charge is 0.164 e. The largest absolute Gasteiger partial charge is 0.314 e. The van der Waals surface area contributed by atoms with Crippen molar-refractivity contribution in [2.45, 2.75) is 18.1 Å². The summed E-state index contributed by atoms with van der Waals surface area (Å²) in [5.74, 6) is 6.26. The highest BCUT2D eigenvalue weighted by Gasteiger charge is 2.29. The Labute approximate surface area is 97.3 Å². The summed E-state index contributed by atoms with van der Waals surface area (Å²) in [6.45, 7) is 4.72. The minimum atomic E-state index is -2.89. The van der Waals surface area contributed by atoms with Crippen LogP contribution in [0.15, 0.2) is 0 Å². The van der Waals surface area contributed by atoms with Gasteiger partial charge in [0.2, 0.25) is 0 Å². The second-order valence-corrected chi connectivity index (χ2v) is 6.65. The SMILES string of the molecule is O=S1(=O)CCCC1C#CCN1CCNCC1. The third-order valence-corrected chi connectivity index (χ3v) is 5.18. The maximum absolute atomic E-state index is 11.5. The molecule has 5 heteroatoms. The van der Waals surface area contributed by atoms with E-state index in [-0.39, 0.29) is 0 Å². The summed E-state index contributed by atoms with van der Waals surface area (Å²) < 4.78 is 23.0. The molecule has 0 bridgehead atoms. The predicted molar refractivity (Wildman–Crippen MR) is 63.9 cm³/mol. The highest BCUT2D eigenvalue weighted by Crippen LogP contribution is 2.18. The van der Waals surface area contributed by atoms with E-state index in [2.05, 4.69) is 22.1 Å². The van der Waals surface area contributed by atoms with E-state index in [0.29, 0.717) is 12.3 Å². The summed E-state index contributed by atoms with van der Waals surface area (Å²) in [4.78, 5) is 2.26. The Hall–Kier alpha value is -0.570. The highest BCUT2D eigenvalue weighted by atomic mass is 32.2. The summed E-state index contributed by atoms with van der Waals surface area (Å²) >= 11 is 0. The van der Waals surface area contributed by atoms with Crippen molar-refractivity contribution in [1.29, 1.82) is 0 Å². The van der Waals surface area contributed by atoms with Crippen LogP contribution in [0.5, 0.6) is 0 Å². The summed E-state index contributed by atoms with van der Waals surface area (Å²) in [5.41, 5.74) is 0. The Kier molecular flexibility index (Phi) is 3.85. The molecular formula is C11H18N2O2S. The first-order valence-electron chi connectivity index (χ1n) is 5.81. The molecule has 0 aromatic heterocycles. The van der Waals surface area contributed by atoms with Crippen molar-refractivity contribution < 1.29 is 8.42 Å². The van der Waals surface area contributed by atoms with Gasteiger partial charge in [-0.25, -0.2) is 8.42 Å². The van der Waals surface area contributed by atoms with Crippen molar-refractivity contribution >= 4 is 9.84 Å². The number of nitrogens with zero attached hydrogens (tertiary/aromatic N) is 1. The van der Waals surface area contributed by atoms with E-state index < -0.39 is 15.1 Å². The van der Waals surface area contributed by atoms with Crippen LogP contribution in [0.4, 0.5) is 0 Å². The molecule has 0 spiro atoms. The van der Waals surface area contributed by atoms with Crippen LogP contribution >= 0.6 is 0 Å². The van der Waals surface area contributed by atoms with Crippen molar-refractivity contribution in [2.24, 2.45) is 0 Å². The second kappa shape index (κ2) is 5.17. The number of hydrogen-bond acceptors (Lipinski definition) is 4. The van der Waals surface area contributed by atoms with Gasteiger partial charge in [0, 0.05) is 26.2 Å². The van der Waals surface area contributed by atoms with Gasteiger partial charge < -0.3 is 5.32 Å². The van der Waals surface area contributed by atoms with Crippen LogP contribution in [0.25, 0.3) is 0 Å². The Balaban J connectivity index is 1.85. The van der Waals surface area contributed by atoms with E-state index in [4.69, 9.17) is 0 Å².